The number of fused-ring (bicyclic) bond motifs is 1. The van der Waals surface area contributed by atoms with E-state index in [2.05, 4.69) is 30.4 Å². The van der Waals surface area contributed by atoms with Gasteiger partial charge in [-0.05, 0) is 32.4 Å². The summed E-state index contributed by atoms with van der Waals surface area (Å²) in [5, 5.41) is 3.25. The van der Waals surface area contributed by atoms with Crippen LogP contribution in [0.5, 0.6) is 5.75 Å². The van der Waals surface area contributed by atoms with Crippen molar-refractivity contribution in [3.8, 4) is 5.75 Å². The van der Waals surface area contributed by atoms with Crippen molar-refractivity contribution in [2.24, 2.45) is 0 Å². The van der Waals surface area contributed by atoms with Crippen LogP contribution in [0.3, 0.4) is 0 Å². The molecule has 1 unspecified atom stereocenters. The zero-order valence-electron chi connectivity index (χ0n) is 8.84. The molecular formula is C12H17NO. The lowest BCUT2D eigenvalue weighted by Crippen LogP contribution is -2.17. The first-order valence-electron chi connectivity index (χ1n) is 5.25. The van der Waals surface area contributed by atoms with Gasteiger partial charge in [-0.1, -0.05) is 18.2 Å². The lowest BCUT2D eigenvalue weighted by Gasteiger charge is -2.23. The second-order valence-corrected chi connectivity index (χ2v) is 3.80. The van der Waals surface area contributed by atoms with Crippen LogP contribution in [-0.4, -0.2) is 13.7 Å². The zero-order valence-corrected chi connectivity index (χ0v) is 8.84. The van der Waals surface area contributed by atoms with Gasteiger partial charge in [-0.2, -0.15) is 0 Å². The van der Waals surface area contributed by atoms with Crippen LogP contribution in [0.1, 0.15) is 30.5 Å². The quantitative estimate of drug-likeness (QED) is 0.774. The molecule has 1 heterocycles. The summed E-state index contributed by atoms with van der Waals surface area (Å²) < 4.78 is 5.74. The number of aryl methyl sites for hydroxylation is 1. The van der Waals surface area contributed by atoms with Crippen LogP contribution in [0.25, 0.3) is 0 Å². The van der Waals surface area contributed by atoms with Gasteiger partial charge in [-0.3, -0.25) is 0 Å². The van der Waals surface area contributed by atoms with Crippen LogP contribution in [0.4, 0.5) is 0 Å². The first-order chi connectivity index (χ1) is 6.83. The monoisotopic (exact) mass is 191 g/mol. The van der Waals surface area contributed by atoms with Gasteiger partial charge in [0.15, 0.2) is 0 Å². The van der Waals surface area contributed by atoms with Crippen molar-refractivity contribution in [3.05, 3.63) is 29.3 Å². The number of rotatable bonds is 2. The van der Waals surface area contributed by atoms with Gasteiger partial charge in [0.25, 0.3) is 0 Å². The van der Waals surface area contributed by atoms with E-state index in [4.69, 9.17) is 4.74 Å². The molecule has 0 aliphatic carbocycles. The van der Waals surface area contributed by atoms with Crippen LogP contribution >= 0.6 is 0 Å². The summed E-state index contributed by atoms with van der Waals surface area (Å²) >= 11 is 0. The summed E-state index contributed by atoms with van der Waals surface area (Å²) in [7, 11) is 1.98. The second kappa shape index (κ2) is 4.01. The minimum Gasteiger partial charge on any atom is -0.493 e. The van der Waals surface area contributed by atoms with E-state index < -0.39 is 0 Å². The highest BCUT2D eigenvalue weighted by Crippen LogP contribution is 2.32. The van der Waals surface area contributed by atoms with Crippen molar-refractivity contribution in [3.63, 3.8) is 0 Å². The summed E-state index contributed by atoms with van der Waals surface area (Å²) in [6.07, 6.45) is 2.30. The molecule has 2 nitrogen and oxygen atoms in total. The Morgan fingerprint density at radius 1 is 1.43 bits per heavy atom. The molecule has 0 saturated carbocycles. The van der Waals surface area contributed by atoms with Crippen molar-refractivity contribution in [1.29, 1.82) is 0 Å². The molecule has 1 aliphatic heterocycles. The molecule has 0 spiro atoms. The van der Waals surface area contributed by atoms with E-state index in [0.717, 1.165) is 25.2 Å². The molecule has 76 valence electrons. The Morgan fingerprint density at radius 2 is 2.29 bits per heavy atom. The van der Waals surface area contributed by atoms with Gasteiger partial charge in [0, 0.05) is 11.6 Å². The Balaban J connectivity index is 2.39. The normalized spacial score (nSPS) is 17.0. The molecule has 2 rings (SSSR count). The lowest BCUT2D eigenvalue weighted by atomic mass is 9.99. The molecular weight excluding hydrogens is 174 g/mol. The third kappa shape index (κ3) is 1.62. The van der Waals surface area contributed by atoms with Crippen molar-refractivity contribution < 1.29 is 4.74 Å². The number of benzene rings is 1. The highest BCUT2D eigenvalue weighted by molar-refractivity contribution is 5.44. The Hall–Kier alpha value is -1.02. The maximum atomic E-state index is 5.74. The minimum atomic E-state index is 0.364. The van der Waals surface area contributed by atoms with Crippen molar-refractivity contribution in [2.45, 2.75) is 25.8 Å². The van der Waals surface area contributed by atoms with E-state index in [0.29, 0.717) is 6.04 Å². The highest BCUT2D eigenvalue weighted by Gasteiger charge is 2.16. The molecule has 2 heteroatoms. The molecule has 1 N–H and O–H groups in total. The van der Waals surface area contributed by atoms with Gasteiger partial charge in [-0.15, -0.1) is 0 Å². The molecule has 1 aromatic rings. The van der Waals surface area contributed by atoms with Gasteiger partial charge in [-0.25, -0.2) is 0 Å². The molecule has 0 fully saturated rings. The number of nitrogens with one attached hydrogen (secondary N) is 1. The third-order valence-corrected chi connectivity index (χ3v) is 2.86. The summed E-state index contributed by atoms with van der Waals surface area (Å²) in [6, 6.07) is 6.80. The van der Waals surface area contributed by atoms with Crippen molar-refractivity contribution >= 4 is 0 Å². The summed E-state index contributed by atoms with van der Waals surface area (Å²) in [6.45, 7) is 3.02. The fraction of sp³-hybridized carbons (Fsp3) is 0.500. The first-order valence-corrected chi connectivity index (χ1v) is 5.25. The van der Waals surface area contributed by atoms with E-state index in [1.54, 1.807) is 0 Å². The minimum absolute atomic E-state index is 0.364. The van der Waals surface area contributed by atoms with E-state index in [9.17, 15) is 0 Å². The molecule has 0 aromatic heterocycles. The molecule has 1 aliphatic rings. The zero-order chi connectivity index (χ0) is 9.97. The average molecular weight is 191 g/mol. The SMILES string of the molecule is CNC(C)c1cccc2c1OCCC2. The second-order valence-electron chi connectivity index (χ2n) is 3.80. The van der Waals surface area contributed by atoms with E-state index >= 15 is 0 Å². The van der Waals surface area contributed by atoms with Gasteiger partial charge >= 0.3 is 0 Å². The molecule has 0 bridgehead atoms. The number of hydrogen-bond acceptors (Lipinski definition) is 2. The summed E-state index contributed by atoms with van der Waals surface area (Å²) in [5.41, 5.74) is 2.64. The highest BCUT2D eigenvalue weighted by atomic mass is 16.5. The van der Waals surface area contributed by atoms with E-state index in [1.807, 2.05) is 7.05 Å². The predicted octanol–water partition coefficient (Wildman–Crippen LogP) is 2.29. The van der Waals surface area contributed by atoms with Crippen LogP contribution in [0, 0.1) is 0 Å². The molecule has 0 saturated heterocycles. The van der Waals surface area contributed by atoms with Crippen molar-refractivity contribution in [2.75, 3.05) is 13.7 Å². The third-order valence-electron chi connectivity index (χ3n) is 2.86. The Bertz CT molecular complexity index is 322. The maximum absolute atomic E-state index is 5.74. The van der Waals surface area contributed by atoms with Crippen LogP contribution in [0.2, 0.25) is 0 Å². The molecule has 0 radical (unpaired) electrons. The van der Waals surface area contributed by atoms with Gasteiger partial charge < -0.3 is 10.1 Å². The topological polar surface area (TPSA) is 21.3 Å². The molecule has 1 atom stereocenters. The fourth-order valence-corrected chi connectivity index (χ4v) is 1.91. The Labute approximate surface area is 85.3 Å². The van der Waals surface area contributed by atoms with Gasteiger partial charge in [0.2, 0.25) is 0 Å². The fourth-order valence-electron chi connectivity index (χ4n) is 1.91. The molecule has 14 heavy (non-hydrogen) atoms. The van der Waals surface area contributed by atoms with E-state index in [1.165, 1.54) is 11.1 Å². The van der Waals surface area contributed by atoms with Crippen LogP contribution < -0.4 is 10.1 Å². The Kier molecular flexibility index (Phi) is 2.73. The van der Waals surface area contributed by atoms with Crippen LogP contribution in [0.15, 0.2) is 18.2 Å². The predicted molar refractivity (Wildman–Crippen MR) is 57.7 cm³/mol. The largest absolute Gasteiger partial charge is 0.493 e. The number of ether oxygens (including phenoxy) is 1. The maximum Gasteiger partial charge on any atom is 0.127 e. The smallest absolute Gasteiger partial charge is 0.127 e. The first kappa shape index (κ1) is 9.53. The number of para-hydroxylation sites is 1. The molecule has 0 amide bonds. The van der Waals surface area contributed by atoms with Crippen LogP contribution in [-0.2, 0) is 6.42 Å². The van der Waals surface area contributed by atoms with Gasteiger partial charge in [0.05, 0.1) is 6.61 Å². The lowest BCUT2D eigenvalue weighted by molar-refractivity contribution is 0.283. The van der Waals surface area contributed by atoms with Crippen molar-refractivity contribution in [1.82, 2.24) is 5.32 Å². The standard InChI is InChI=1S/C12H17NO/c1-9(13-2)11-7-3-5-10-6-4-8-14-12(10)11/h3,5,7,9,13H,4,6,8H2,1-2H3. The molecule has 1 aromatic carbocycles. The Morgan fingerprint density at radius 3 is 3.07 bits per heavy atom. The summed E-state index contributed by atoms with van der Waals surface area (Å²) in [4.78, 5) is 0. The summed E-state index contributed by atoms with van der Waals surface area (Å²) in [5.74, 6) is 1.11. The van der Waals surface area contributed by atoms with E-state index in [-0.39, 0.29) is 0 Å². The van der Waals surface area contributed by atoms with Gasteiger partial charge in [0.1, 0.15) is 5.75 Å². The average Bonchev–Trinajstić information content (AvgIpc) is 2.27. The number of hydrogen-bond donors (Lipinski definition) is 1.